The number of morpholine rings is 1. The van der Waals surface area contributed by atoms with Crippen molar-refractivity contribution in [1.29, 1.82) is 0 Å². The van der Waals surface area contributed by atoms with Crippen LogP contribution in [0.3, 0.4) is 0 Å². The van der Waals surface area contributed by atoms with Gasteiger partial charge in [-0.2, -0.15) is 4.98 Å². The fourth-order valence-corrected chi connectivity index (χ4v) is 5.94. The lowest BCUT2D eigenvalue weighted by Gasteiger charge is -2.34. The molecule has 5 rings (SSSR count). The van der Waals surface area contributed by atoms with Crippen molar-refractivity contribution in [3.8, 4) is 5.75 Å². The molecule has 0 amide bonds. The minimum absolute atomic E-state index is 0.297. The van der Waals surface area contributed by atoms with E-state index >= 15 is 0 Å². The molecule has 0 radical (unpaired) electrons. The maximum absolute atomic E-state index is 12.2. The standard InChI is InChI=1S/C28H35ClN6O4S/c1-34(40(3,36)37)25-10-5-4-9-23(25)31-27-22(29)18-30-28(33-27)32-24-16-19-7-6-8-21(35-11-13-39-14-12-35)15-20(19)17-26(24)38-2/h4-5,9-10,16-18,21H,6-8,11-15H2,1-3H3,(H2,30,31,32,33). The molecule has 0 spiro atoms. The Morgan fingerprint density at radius 3 is 2.65 bits per heavy atom. The first-order valence-corrected chi connectivity index (χ1v) is 15.6. The molecular formula is C28H35ClN6O4S. The van der Waals surface area contributed by atoms with Crippen molar-refractivity contribution >= 4 is 50.5 Å². The van der Waals surface area contributed by atoms with E-state index in [1.54, 1.807) is 31.4 Å². The number of nitrogens with zero attached hydrogens (tertiary/aromatic N) is 4. The molecule has 1 fully saturated rings. The third-order valence-corrected chi connectivity index (χ3v) is 8.98. The number of hydrogen-bond acceptors (Lipinski definition) is 9. The van der Waals surface area contributed by atoms with Crippen LogP contribution in [0.2, 0.25) is 5.02 Å². The van der Waals surface area contributed by atoms with Crippen molar-refractivity contribution in [3.05, 3.63) is 58.7 Å². The zero-order valence-electron chi connectivity index (χ0n) is 23.0. The number of halogens is 1. The lowest BCUT2D eigenvalue weighted by atomic mass is 9.99. The van der Waals surface area contributed by atoms with Crippen molar-refractivity contribution in [2.24, 2.45) is 0 Å². The summed E-state index contributed by atoms with van der Waals surface area (Å²) in [5, 5.41) is 6.77. The largest absolute Gasteiger partial charge is 0.495 e. The lowest BCUT2D eigenvalue weighted by molar-refractivity contribution is 0.0149. The highest BCUT2D eigenvalue weighted by Crippen LogP contribution is 2.36. The smallest absolute Gasteiger partial charge is 0.232 e. The molecule has 0 bridgehead atoms. The number of aromatic nitrogens is 2. The molecule has 1 saturated heterocycles. The predicted octanol–water partition coefficient (Wildman–Crippen LogP) is 4.60. The highest BCUT2D eigenvalue weighted by molar-refractivity contribution is 7.92. The van der Waals surface area contributed by atoms with Gasteiger partial charge in [0.2, 0.25) is 16.0 Å². The lowest BCUT2D eigenvalue weighted by Crippen LogP contribution is -2.44. The first kappa shape index (κ1) is 28.4. The van der Waals surface area contributed by atoms with E-state index in [-0.39, 0.29) is 0 Å². The quantitative estimate of drug-likeness (QED) is 0.366. The summed E-state index contributed by atoms with van der Waals surface area (Å²) in [5.74, 6) is 1.39. The van der Waals surface area contributed by atoms with Crippen LogP contribution in [0.1, 0.15) is 24.0 Å². The summed E-state index contributed by atoms with van der Waals surface area (Å²) < 4.78 is 36.9. The minimum Gasteiger partial charge on any atom is -0.495 e. The van der Waals surface area contributed by atoms with Crippen molar-refractivity contribution in [1.82, 2.24) is 14.9 Å². The van der Waals surface area contributed by atoms with E-state index in [4.69, 9.17) is 21.1 Å². The number of anilines is 5. The van der Waals surface area contributed by atoms with Crippen molar-refractivity contribution < 1.29 is 17.9 Å². The Bertz CT molecular complexity index is 1470. The molecule has 214 valence electrons. The number of para-hydroxylation sites is 2. The minimum atomic E-state index is -3.46. The molecule has 2 aliphatic rings. The Labute approximate surface area is 240 Å². The average molecular weight is 587 g/mol. The Morgan fingerprint density at radius 1 is 1.12 bits per heavy atom. The van der Waals surface area contributed by atoms with E-state index in [9.17, 15) is 8.42 Å². The Kier molecular flexibility index (Phi) is 8.65. The normalized spacial score (nSPS) is 17.9. The number of ether oxygens (including phenoxy) is 2. The van der Waals surface area contributed by atoms with E-state index in [1.807, 2.05) is 0 Å². The van der Waals surface area contributed by atoms with Gasteiger partial charge in [0.15, 0.2) is 5.82 Å². The molecule has 3 aromatic rings. The zero-order valence-corrected chi connectivity index (χ0v) is 24.6. The van der Waals surface area contributed by atoms with Crippen LogP contribution < -0.4 is 19.7 Å². The second kappa shape index (κ2) is 12.2. The second-order valence-corrected chi connectivity index (χ2v) is 12.5. The van der Waals surface area contributed by atoms with Crippen LogP contribution in [0.5, 0.6) is 5.75 Å². The Hall–Kier alpha value is -3.12. The van der Waals surface area contributed by atoms with Gasteiger partial charge in [-0.3, -0.25) is 9.21 Å². The fraction of sp³-hybridized carbons (Fsp3) is 0.429. The maximum atomic E-state index is 12.2. The van der Waals surface area contributed by atoms with Crippen LogP contribution in [0, 0.1) is 0 Å². The molecule has 1 aliphatic carbocycles. The first-order valence-electron chi connectivity index (χ1n) is 13.3. The van der Waals surface area contributed by atoms with Crippen LogP contribution in [-0.2, 0) is 27.6 Å². The average Bonchev–Trinajstić information content (AvgIpc) is 3.16. The summed E-state index contributed by atoms with van der Waals surface area (Å²) in [7, 11) is -0.306. The zero-order chi connectivity index (χ0) is 28.3. The summed E-state index contributed by atoms with van der Waals surface area (Å²) >= 11 is 6.44. The number of rotatable bonds is 8. The summed E-state index contributed by atoms with van der Waals surface area (Å²) in [6, 6.07) is 11.8. The van der Waals surface area contributed by atoms with E-state index < -0.39 is 10.0 Å². The molecule has 1 unspecified atom stereocenters. The highest BCUT2D eigenvalue weighted by Gasteiger charge is 2.25. The molecule has 2 heterocycles. The monoisotopic (exact) mass is 586 g/mol. The van der Waals surface area contributed by atoms with Gasteiger partial charge in [0.25, 0.3) is 0 Å². The number of methoxy groups -OCH3 is 1. The summed E-state index contributed by atoms with van der Waals surface area (Å²) in [4.78, 5) is 11.5. The van der Waals surface area contributed by atoms with E-state index in [0.717, 1.165) is 69.7 Å². The number of hydrogen-bond donors (Lipinski definition) is 2. The van der Waals surface area contributed by atoms with E-state index in [0.29, 0.717) is 34.2 Å². The van der Waals surface area contributed by atoms with Crippen LogP contribution in [0.15, 0.2) is 42.6 Å². The molecule has 2 aromatic carbocycles. The third-order valence-electron chi connectivity index (χ3n) is 7.51. The molecule has 0 saturated carbocycles. The van der Waals surface area contributed by atoms with Gasteiger partial charge in [-0.1, -0.05) is 23.7 Å². The van der Waals surface area contributed by atoms with Crippen molar-refractivity contribution in [2.45, 2.75) is 31.7 Å². The molecular weight excluding hydrogens is 552 g/mol. The summed E-state index contributed by atoms with van der Waals surface area (Å²) in [6.07, 6.45) is 6.91. The van der Waals surface area contributed by atoms with E-state index in [1.165, 1.54) is 28.7 Å². The molecule has 1 aromatic heterocycles. The Balaban J connectivity index is 1.39. The van der Waals surface area contributed by atoms with Crippen LogP contribution in [0.25, 0.3) is 0 Å². The van der Waals surface area contributed by atoms with Gasteiger partial charge < -0.3 is 20.1 Å². The van der Waals surface area contributed by atoms with Gasteiger partial charge in [-0.15, -0.1) is 0 Å². The van der Waals surface area contributed by atoms with Crippen LogP contribution in [0.4, 0.5) is 28.8 Å². The number of benzene rings is 2. The molecule has 2 N–H and O–H groups in total. The third kappa shape index (κ3) is 6.43. The second-order valence-electron chi connectivity index (χ2n) is 10.1. The fourth-order valence-electron chi connectivity index (χ4n) is 5.29. The van der Waals surface area contributed by atoms with Crippen molar-refractivity contribution in [2.75, 3.05) is 61.7 Å². The number of fused-ring (bicyclic) bond motifs is 1. The van der Waals surface area contributed by atoms with Gasteiger partial charge in [0.05, 0.1) is 49.8 Å². The van der Waals surface area contributed by atoms with Crippen LogP contribution in [-0.4, -0.2) is 76.0 Å². The van der Waals surface area contributed by atoms with Gasteiger partial charge in [0, 0.05) is 26.2 Å². The Morgan fingerprint density at radius 2 is 1.90 bits per heavy atom. The van der Waals surface area contributed by atoms with Crippen molar-refractivity contribution in [3.63, 3.8) is 0 Å². The summed E-state index contributed by atoms with van der Waals surface area (Å²) in [6.45, 7) is 3.56. The molecule has 10 nitrogen and oxygen atoms in total. The number of nitrogens with one attached hydrogen (secondary N) is 2. The number of sulfonamides is 1. The van der Waals surface area contributed by atoms with E-state index in [2.05, 4.69) is 37.6 Å². The molecule has 1 atom stereocenters. The van der Waals surface area contributed by atoms with Gasteiger partial charge in [-0.25, -0.2) is 13.4 Å². The molecule has 40 heavy (non-hydrogen) atoms. The van der Waals surface area contributed by atoms with Gasteiger partial charge in [0.1, 0.15) is 10.8 Å². The van der Waals surface area contributed by atoms with Gasteiger partial charge >= 0.3 is 0 Å². The highest BCUT2D eigenvalue weighted by atomic mass is 35.5. The maximum Gasteiger partial charge on any atom is 0.232 e. The predicted molar refractivity (Wildman–Crippen MR) is 159 cm³/mol. The number of aryl methyl sites for hydroxylation is 1. The van der Waals surface area contributed by atoms with Gasteiger partial charge in [-0.05, 0) is 61.1 Å². The SMILES string of the molecule is COc1cc2c(cc1Nc1ncc(Cl)c(Nc3ccccc3N(C)S(C)(=O)=O)n1)CCCC(N1CCOCC1)C2. The summed E-state index contributed by atoms with van der Waals surface area (Å²) in [5.41, 5.74) is 4.39. The topological polar surface area (TPSA) is 109 Å². The molecule has 1 aliphatic heterocycles. The van der Waals surface area contributed by atoms with Crippen LogP contribution >= 0.6 is 11.6 Å². The first-order chi connectivity index (χ1) is 19.2. The molecule has 12 heteroatoms.